The van der Waals surface area contributed by atoms with Gasteiger partial charge >= 0.3 is 0 Å². The summed E-state index contributed by atoms with van der Waals surface area (Å²) in [6.45, 7) is 3.74. The lowest BCUT2D eigenvalue weighted by Gasteiger charge is -2.22. The van der Waals surface area contributed by atoms with Crippen molar-refractivity contribution < 1.29 is 4.74 Å². The number of hydrogen-bond donors (Lipinski definition) is 2. The zero-order valence-corrected chi connectivity index (χ0v) is 11.1. The zero-order valence-electron chi connectivity index (χ0n) is 10.4. The SMILES string of the molecule is Clc1cncc(NCCCOC2CCNCC2)n1. The van der Waals surface area contributed by atoms with Gasteiger partial charge in [0.2, 0.25) is 0 Å². The first-order valence-electron chi connectivity index (χ1n) is 6.38. The van der Waals surface area contributed by atoms with E-state index in [1.54, 1.807) is 6.20 Å². The third kappa shape index (κ3) is 4.76. The molecule has 2 N–H and O–H groups in total. The summed E-state index contributed by atoms with van der Waals surface area (Å²) in [5.41, 5.74) is 0. The normalized spacial score (nSPS) is 16.7. The molecule has 0 amide bonds. The van der Waals surface area contributed by atoms with Crippen LogP contribution >= 0.6 is 11.6 Å². The molecule has 0 aliphatic carbocycles. The molecule has 18 heavy (non-hydrogen) atoms. The molecule has 1 aliphatic rings. The van der Waals surface area contributed by atoms with Crippen LogP contribution in [0.2, 0.25) is 5.15 Å². The molecule has 1 saturated heterocycles. The van der Waals surface area contributed by atoms with Crippen molar-refractivity contribution in [2.75, 3.05) is 31.6 Å². The molecule has 6 heteroatoms. The second kappa shape index (κ2) is 7.51. The summed E-state index contributed by atoms with van der Waals surface area (Å²) >= 11 is 5.74. The van der Waals surface area contributed by atoms with Gasteiger partial charge in [-0.05, 0) is 32.4 Å². The van der Waals surface area contributed by atoms with Crippen molar-refractivity contribution in [3.05, 3.63) is 17.5 Å². The van der Waals surface area contributed by atoms with Crippen LogP contribution in [0.3, 0.4) is 0 Å². The molecule has 2 rings (SSSR count). The van der Waals surface area contributed by atoms with Crippen LogP contribution in [0.25, 0.3) is 0 Å². The summed E-state index contributed by atoms with van der Waals surface area (Å²) in [5, 5.41) is 6.90. The zero-order chi connectivity index (χ0) is 12.6. The highest BCUT2D eigenvalue weighted by Gasteiger charge is 2.12. The second-order valence-corrected chi connectivity index (χ2v) is 4.71. The highest BCUT2D eigenvalue weighted by atomic mass is 35.5. The van der Waals surface area contributed by atoms with Crippen LogP contribution in [-0.2, 0) is 4.74 Å². The Hall–Kier alpha value is -0.910. The Labute approximate surface area is 112 Å². The molecule has 1 aromatic rings. The summed E-state index contributed by atoms with van der Waals surface area (Å²) in [7, 11) is 0. The van der Waals surface area contributed by atoms with Gasteiger partial charge in [0.1, 0.15) is 11.0 Å². The fourth-order valence-electron chi connectivity index (χ4n) is 1.93. The molecule has 0 saturated carbocycles. The van der Waals surface area contributed by atoms with E-state index in [4.69, 9.17) is 16.3 Å². The maximum Gasteiger partial charge on any atom is 0.149 e. The molecule has 1 fully saturated rings. The maximum atomic E-state index is 5.80. The Bertz CT molecular complexity index is 358. The summed E-state index contributed by atoms with van der Waals surface area (Å²) in [4.78, 5) is 8.06. The molecule has 2 heterocycles. The second-order valence-electron chi connectivity index (χ2n) is 4.33. The summed E-state index contributed by atoms with van der Waals surface area (Å²) in [6.07, 6.45) is 6.81. The lowest BCUT2D eigenvalue weighted by atomic mass is 10.1. The van der Waals surface area contributed by atoms with Gasteiger partial charge in [0, 0.05) is 13.2 Å². The van der Waals surface area contributed by atoms with Gasteiger partial charge in [-0.3, -0.25) is 4.98 Å². The molecular formula is C12H19ClN4O. The van der Waals surface area contributed by atoms with Gasteiger partial charge in [-0.25, -0.2) is 4.98 Å². The number of aromatic nitrogens is 2. The van der Waals surface area contributed by atoms with Gasteiger partial charge in [0.05, 0.1) is 18.5 Å². The monoisotopic (exact) mass is 270 g/mol. The fraction of sp³-hybridized carbons (Fsp3) is 0.667. The van der Waals surface area contributed by atoms with Crippen molar-refractivity contribution in [1.82, 2.24) is 15.3 Å². The van der Waals surface area contributed by atoms with Crippen LogP contribution in [0.5, 0.6) is 0 Å². The average molecular weight is 271 g/mol. The van der Waals surface area contributed by atoms with Gasteiger partial charge in [-0.2, -0.15) is 0 Å². The van der Waals surface area contributed by atoms with E-state index in [0.717, 1.165) is 45.5 Å². The standard InChI is InChI=1S/C12H19ClN4O/c13-11-8-15-9-12(17-11)16-4-1-7-18-10-2-5-14-6-3-10/h8-10,14H,1-7H2,(H,16,17). The van der Waals surface area contributed by atoms with Crippen molar-refractivity contribution in [1.29, 1.82) is 0 Å². The van der Waals surface area contributed by atoms with Crippen LogP contribution in [0.15, 0.2) is 12.4 Å². The number of piperidine rings is 1. The molecule has 1 aromatic heterocycles. The Morgan fingerprint density at radius 3 is 3.00 bits per heavy atom. The maximum absolute atomic E-state index is 5.80. The summed E-state index contributed by atoms with van der Waals surface area (Å²) in [5.74, 6) is 0.712. The predicted octanol–water partition coefficient (Wildman–Crippen LogP) is 1.70. The van der Waals surface area contributed by atoms with E-state index < -0.39 is 0 Å². The third-order valence-electron chi connectivity index (χ3n) is 2.87. The van der Waals surface area contributed by atoms with Crippen molar-refractivity contribution in [3.8, 4) is 0 Å². The largest absolute Gasteiger partial charge is 0.378 e. The molecule has 1 aliphatic heterocycles. The summed E-state index contributed by atoms with van der Waals surface area (Å²) < 4.78 is 5.80. The lowest BCUT2D eigenvalue weighted by Crippen LogP contribution is -2.32. The van der Waals surface area contributed by atoms with E-state index >= 15 is 0 Å². The predicted molar refractivity (Wildman–Crippen MR) is 72.0 cm³/mol. The summed E-state index contributed by atoms with van der Waals surface area (Å²) in [6, 6.07) is 0. The molecule has 0 aromatic carbocycles. The smallest absolute Gasteiger partial charge is 0.149 e. The first-order chi connectivity index (χ1) is 8.84. The molecule has 5 nitrogen and oxygen atoms in total. The van der Waals surface area contributed by atoms with E-state index in [9.17, 15) is 0 Å². The van der Waals surface area contributed by atoms with Crippen LogP contribution < -0.4 is 10.6 Å². The number of nitrogens with zero attached hydrogens (tertiary/aromatic N) is 2. The minimum absolute atomic E-state index is 0.408. The third-order valence-corrected chi connectivity index (χ3v) is 3.05. The molecule has 0 radical (unpaired) electrons. The Morgan fingerprint density at radius 1 is 1.39 bits per heavy atom. The van der Waals surface area contributed by atoms with Gasteiger partial charge in [0.25, 0.3) is 0 Å². The van der Waals surface area contributed by atoms with Gasteiger partial charge in [-0.1, -0.05) is 11.6 Å². The first-order valence-corrected chi connectivity index (χ1v) is 6.76. The van der Waals surface area contributed by atoms with E-state index in [-0.39, 0.29) is 0 Å². The van der Waals surface area contributed by atoms with Crippen LogP contribution in [0.4, 0.5) is 5.82 Å². The van der Waals surface area contributed by atoms with Gasteiger partial charge in [-0.15, -0.1) is 0 Å². The minimum atomic E-state index is 0.408. The molecule has 0 spiro atoms. The van der Waals surface area contributed by atoms with Crippen LogP contribution in [0, 0.1) is 0 Å². The number of nitrogens with one attached hydrogen (secondary N) is 2. The van der Waals surface area contributed by atoms with Crippen LogP contribution in [-0.4, -0.2) is 42.3 Å². The molecule has 100 valence electrons. The Kier molecular flexibility index (Phi) is 5.64. The highest BCUT2D eigenvalue weighted by Crippen LogP contribution is 2.08. The van der Waals surface area contributed by atoms with E-state index in [0.29, 0.717) is 17.1 Å². The minimum Gasteiger partial charge on any atom is -0.378 e. The Morgan fingerprint density at radius 2 is 2.22 bits per heavy atom. The first kappa shape index (κ1) is 13.5. The highest BCUT2D eigenvalue weighted by molar-refractivity contribution is 6.29. The number of ether oxygens (including phenoxy) is 1. The van der Waals surface area contributed by atoms with Gasteiger partial charge < -0.3 is 15.4 Å². The van der Waals surface area contributed by atoms with Gasteiger partial charge in [0.15, 0.2) is 0 Å². The fourth-order valence-corrected chi connectivity index (χ4v) is 2.08. The van der Waals surface area contributed by atoms with Crippen molar-refractivity contribution in [3.63, 3.8) is 0 Å². The van der Waals surface area contributed by atoms with Crippen molar-refractivity contribution in [2.45, 2.75) is 25.4 Å². The number of halogens is 1. The van der Waals surface area contributed by atoms with Crippen molar-refractivity contribution >= 4 is 17.4 Å². The number of rotatable bonds is 6. The molecule has 0 bridgehead atoms. The molecule has 0 atom stereocenters. The van der Waals surface area contributed by atoms with Crippen LogP contribution in [0.1, 0.15) is 19.3 Å². The topological polar surface area (TPSA) is 59.1 Å². The molecular weight excluding hydrogens is 252 g/mol. The number of hydrogen-bond acceptors (Lipinski definition) is 5. The number of anilines is 1. The van der Waals surface area contributed by atoms with E-state index in [1.165, 1.54) is 6.20 Å². The average Bonchev–Trinajstić information content (AvgIpc) is 2.40. The quantitative estimate of drug-likeness (QED) is 0.771. The lowest BCUT2D eigenvalue weighted by molar-refractivity contribution is 0.0329. The Balaban J connectivity index is 1.55. The molecule has 0 unspecified atom stereocenters. The van der Waals surface area contributed by atoms with Crippen molar-refractivity contribution in [2.24, 2.45) is 0 Å². The van der Waals surface area contributed by atoms with E-state index in [1.807, 2.05) is 0 Å². The van der Waals surface area contributed by atoms with E-state index in [2.05, 4.69) is 20.6 Å².